The predicted octanol–water partition coefficient (Wildman–Crippen LogP) is 3.09. The van der Waals surface area contributed by atoms with E-state index in [0.717, 1.165) is 44.7 Å². The largest absolute Gasteiger partial charge is 0.377 e. The maximum atomic E-state index is 11.7. The summed E-state index contributed by atoms with van der Waals surface area (Å²) in [4.78, 5) is 116. The Hall–Kier alpha value is -2.94. The van der Waals surface area contributed by atoms with Crippen molar-refractivity contribution in [3.05, 3.63) is 24.3 Å². The van der Waals surface area contributed by atoms with E-state index >= 15 is 0 Å². The van der Waals surface area contributed by atoms with Crippen molar-refractivity contribution in [3.63, 3.8) is 0 Å². The minimum Gasteiger partial charge on any atom is -0.377 e. The highest BCUT2D eigenvalue weighted by atomic mass is 32.7. The van der Waals surface area contributed by atoms with Crippen LogP contribution in [0.15, 0.2) is 24.3 Å². The molecule has 70 heavy (non-hydrogen) atoms. The van der Waals surface area contributed by atoms with Crippen LogP contribution < -0.4 is 27.0 Å². The molecule has 0 aromatic rings. The Balaban J connectivity index is -0.00000116. The fraction of sp³-hybridized carbons (Fsp3) is 0.667. The molecule has 0 spiro atoms. The van der Waals surface area contributed by atoms with Crippen LogP contribution >= 0.6 is 28.8 Å². The summed E-state index contributed by atoms with van der Waals surface area (Å²) in [6.45, 7) is 4.93. The van der Waals surface area contributed by atoms with Crippen LogP contribution in [-0.4, -0.2) is 155 Å². The predicted molar refractivity (Wildman–Crippen MR) is 283 cm³/mol. The van der Waals surface area contributed by atoms with Gasteiger partial charge in [-0.1, -0.05) is 28.2 Å². The Bertz CT molecular complexity index is 1630. The number of imide groups is 1. The quantitative estimate of drug-likeness (QED) is 0.0259. The molecule has 0 bridgehead atoms. The summed E-state index contributed by atoms with van der Waals surface area (Å²) >= 11 is 18.2. The number of carbonyl (C=O) groups excluding carboxylic acids is 10. The van der Waals surface area contributed by atoms with Crippen molar-refractivity contribution in [1.82, 2.24) is 26.2 Å². The summed E-state index contributed by atoms with van der Waals surface area (Å²) < 4.78 is 21.0. The summed E-state index contributed by atoms with van der Waals surface area (Å²) in [5.74, 6) is -3.06. The van der Waals surface area contributed by atoms with Crippen LogP contribution in [0.4, 0.5) is 0 Å². The van der Waals surface area contributed by atoms with Gasteiger partial charge in [-0.25, -0.2) is 0 Å². The number of hydrogen-bond acceptors (Lipinski definition) is 19. The molecule has 394 valence electrons. The van der Waals surface area contributed by atoms with E-state index in [1.165, 1.54) is 24.3 Å². The lowest BCUT2D eigenvalue weighted by Gasteiger charge is -2.13. The van der Waals surface area contributed by atoms with E-state index in [9.17, 15) is 47.9 Å². The van der Waals surface area contributed by atoms with Gasteiger partial charge in [0.2, 0.25) is 29.2 Å². The van der Waals surface area contributed by atoms with Crippen molar-refractivity contribution >= 4 is 134 Å². The molecule has 6 amide bonds. The first-order chi connectivity index (χ1) is 32.6. The van der Waals surface area contributed by atoms with E-state index < -0.39 is 23.8 Å². The Labute approximate surface area is 437 Å². The number of nitrogens with one attached hydrogen (secondary N) is 4. The average molecular weight is 1130 g/mol. The zero-order chi connectivity index (χ0) is 51.0. The molecule has 0 saturated carbocycles. The van der Waals surface area contributed by atoms with Crippen molar-refractivity contribution in [1.29, 1.82) is 0 Å². The first-order valence-electron chi connectivity index (χ1n) is 21.4. The number of nitrogens with two attached hydrogens (primary N) is 1. The minimum atomic E-state index is -0.720. The smallest absolute Gasteiger partial charge is 0.253 e. The van der Waals surface area contributed by atoms with Gasteiger partial charge in [0.1, 0.15) is 13.2 Å². The molecular weight excluding hydrogens is 1060 g/mol. The second-order valence-electron chi connectivity index (χ2n) is 14.4. The molecule has 2 aliphatic rings. The highest BCUT2D eigenvalue weighted by molar-refractivity contribution is 8.40. The second kappa shape index (κ2) is 47.1. The Morgan fingerprint density at radius 2 is 1.01 bits per heavy atom. The third-order valence-electron chi connectivity index (χ3n) is 9.17. The fourth-order valence-electron chi connectivity index (χ4n) is 5.46. The van der Waals surface area contributed by atoms with Gasteiger partial charge < -0.3 is 45.9 Å². The fourth-order valence-corrected chi connectivity index (χ4v) is 6.98. The van der Waals surface area contributed by atoms with Crippen LogP contribution in [-0.2, 0) is 114 Å². The number of unbranched alkanes of at least 4 members (excludes halogenated alkanes) is 2. The molecule has 2 rings (SSSR count). The normalized spacial score (nSPS) is 13.7. The monoisotopic (exact) mass is 1130 g/mol. The lowest BCUT2D eigenvalue weighted by Crippen LogP contribution is -2.35. The van der Waals surface area contributed by atoms with Gasteiger partial charge in [-0.05, 0) is 97.9 Å². The Kier molecular flexibility index (Phi) is 48.0. The Morgan fingerprint density at radius 1 is 0.586 bits per heavy atom. The molecule has 28 heteroatoms. The number of ether oxygens (including phenoxy) is 4. The Morgan fingerprint density at radius 3 is 1.47 bits per heavy atom. The molecule has 2 unspecified atom stereocenters. The van der Waals surface area contributed by atoms with Gasteiger partial charge in [0.05, 0.1) is 66.3 Å². The number of allylic oxidation sites excluding steroid dienone is 2. The van der Waals surface area contributed by atoms with Gasteiger partial charge in [0.15, 0.2) is 17.1 Å². The number of carbonyl (C=O) groups is 10. The van der Waals surface area contributed by atoms with E-state index in [4.69, 9.17) is 36.5 Å². The maximum absolute atomic E-state index is 11.7. The van der Waals surface area contributed by atoms with E-state index in [1.54, 1.807) is 0 Å². The first kappa shape index (κ1) is 71.3. The van der Waals surface area contributed by atoms with Crippen molar-refractivity contribution in [2.24, 2.45) is 17.6 Å². The molecule has 0 fully saturated rings. The number of amides is 6. The van der Waals surface area contributed by atoms with Crippen LogP contribution in [0.25, 0.3) is 0 Å². The van der Waals surface area contributed by atoms with Crippen LogP contribution in [0.1, 0.15) is 79.6 Å². The van der Waals surface area contributed by atoms with Gasteiger partial charge in [0, 0.05) is 77.7 Å². The number of rotatable bonds is 37. The summed E-state index contributed by atoms with van der Waals surface area (Å²) in [6, 6.07) is -0.537. The zero-order valence-electron chi connectivity index (χ0n) is 37.8. The highest BCUT2D eigenvalue weighted by Crippen LogP contribution is 2.17. The summed E-state index contributed by atoms with van der Waals surface area (Å²) in [5, 5.41) is 10.8. The lowest BCUT2D eigenvalue weighted by atomic mass is 9.99. The molecule has 0 saturated heterocycles. The molecule has 0 aromatic carbocycles. The van der Waals surface area contributed by atoms with Crippen molar-refractivity contribution in [2.75, 3.05) is 85.6 Å². The third kappa shape index (κ3) is 37.8. The molecule has 0 radical (unpaired) electrons. The molecule has 1 heterocycles. The molecule has 1 aliphatic carbocycles. The number of hydrogen-bond donors (Lipinski definition) is 5. The standard InChI is InChI=1S/C21H31N2O7PS.C19H29N4O7PS.2CH4.P2S2/c1-15(21(28)31-32)4-2-3-9-22-20(27)14-30-13-12-29-11-10-23-19(26)8-5-16-17(24)6-7-18(16)25;20-14(19(28)31-32)3-1-2-7-21-16(25)13-30-12-11-29-10-8-22-15(24)6-9-23-17(26)4-5-18(23)27;;;3-1-2-4/h6-7,15-16H,2-5,8-14H2,1H3,(H,22,27)(H,23,26);4-5,14H,1-3,6-13,20H2,(H,21,25)(H,22,24);2*1H4;. The van der Waals surface area contributed by atoms with Crippen LogP contribution in [0.2, 0.25) is 0 Å². The van der Waals surface area contributed by atoms with Crippen LogP contribution in [0, 0.1) is 11.8 Å². The summed E-state index contributed by atoms with van der Waals surface area (Å²) in [7, 11) is 2.37. The number of ketones is 2. The second-order valence-corrected chi connectivity index (χ2v) is 21.0. The molecular formula is C42H68N6O14P4S4. The van der Waals surface area contributed by atoms with E-state index in [0.29, 0.717) is 39.8 Å². The average Bonchev–Trinajstić information content (AvgIpc) is 3.83. The molecule has 20 nitrogen and oxygen atoms in total. The molecule has 2 atom stereocenters. The van der Waals surface area contributed by atoms with Gasteiger partial charge in [0.25, 0.3) is 11.8 Å². The van der Waals surface area contributed by atoms with E-state index in [1.807, 2.05) is 6.92 Å². The number of nitrogens with zero attached hydrogens (tertiary/aromatic N) is 1. The SMILES string of the molecule is C.C.CC(CCCCNC(=O)COCCOCCNC(=O)CCC1C(=O)C=CC1=O)C(=O)P=S.NC(CCCCNC(=O)COCCOCCNC(=O)CCN1C(=O)C=CC1=O)C(=O)P=S.S=PP=S. The molecule has 0 aromatic heterocycles. The van der Waals surface area contributed by atoms with E-state index in [-0.39, 0.29) is 160 Å². The minimum absolute atomic E-state index is 0. The highest BCUT2D eigenvalue weighted by Gasteiger charge is 2.28. The maximum Gasteiger partial charge on any atom is 0.253 e. The van der Waals surface area contributed by atoms with Gasteiger partial charge in [-0.15, -0.1) is 0 Å². The topological polar surface area (TPSA) is 285 Å². The van der Waals surface area contributed by atoms with Crippen LogP contribution in [0.5, 0.6) is 0 Å². The summed E-state index contributed by atoms with van der Waals surface area (Å²) in [6.07, 6.45) is 9.55. The van der Waals surface area contributed by atoms with Crippen LogP contribution in [0.3, 0.4) is 0 Å². The lowest BCUT2D eigenvalue weighted by molar-refractivity contribution is -0.137. The van der Waals surface area contributed by atoms with Gasteiger partial charge >= 0.3 is 0 Å². The first-order valence-corrected chi connectivity index (χ1v) is 29.8. The summed E-state index contributed by atoms with van der Waals surface area (Å²) in [5.41, 5.74) is 5.57. The van der Waals surface area contributed by atoms with E-state index in [2.05, 4.69) is 56.7 Å². The van der Waals surface area contributed by atoms with Gasteiger partial charge in [-0.3, -0.25) is 52.8 Å². The third-order valence-corrected chi connectivity index (χ3v) is 14.1. The van der Waals surface area contributed by atoms with Gasteiger partial charge in [-0.2, -0.15) is 0 Å². The molecule has 6 N–H and O–H groups in total. The van der Waals surface area contributed by atoms with Crippen molar-refractivity contribution in [2.45, 2.75) is 85.6 Å². The van der Waals surface area contributed by atoms with Crippen molar-refractivity contribution < 1.29 is 66.9 Å². The molecule has 1 aliphatic heterocycles. The zero-order valence-corrected chi connectivity index (χ0v) is 44.6. The van der Waals surface area contributed by atoms with Crippen molar-refractivity contribution in [3.8, 4) is 0 Å².